The molecule has 1 fully saturated rings. The Morgan fingerprint density at radius 1 is 1.14 bits per heavy atom. The number of likely N-dealkylation sites (tertiary alicyclic amines) is 1. The van der Waals surface area contributed by atoms with E-state index < -0.39 is 4.75 Å². The molecule has 2 heterocycles. The number of ether oxygens (including phenoxy) is 1. The first-order valence-corrected chi connectivity index (χ1v) is 11.9. The van der Waals surface area contributed by atoms with Crippen LogP contribution in [0.5, 0.6) is 5.75 Å². The second-order valence-corrected chi connectivity index (χ2v) is 10.8. The molecule has 2 aliphatic heterocycles. The third kappa shape index (κ3) is 3.81. The van der Waals surface area contributed by atoms with Crippen LogP contribution in [0.2, 0.25) is 0 Å². The van der Waals surface area contributed by atoms with Gasteiger partial charge in [-0.15, -0.1) is 11.8 Å². The van der Waals surface area contributed by atoms with Gasteiger partial charge in [-0.3, -0.25) is 4.79 Å². The van der Waals surface area contributed by atoms with Gasteiger partial charge in [0.1, 0.15) is 17.1 Å². The lowest BCUT2D eigenvalue weighted by molar-refractivity contribution is 0.0831. The molecule has 3 nitrogen and oxygen atoms in total. The van der Waals surface area contributed by atoms with Crippen LogP contribution >= 0.6 is 43.6 Å². The van der Waals surface area contributed by atoms with E-state index in [4.69, 9.17) is 4.74 Å². The molecule has 2 aromatic carbocycles. The molecule has 28 heavy (non-hydrogen) atoms. The van der Waals surface area contributed by atoms with Gasteiger partial charge in [0.2, 0.25) is 0 Å². The quantitative estimate of drug-likeness (QED) is 0.488. The Balaban J connectivity index is 1.75. The molecule has 0 aliphatic carbocycles. The first-order valence-electron chi connectivity index (χ1n) is 9.54. The van der Waals surface area contributed by atoms with Gasteiger partial charge in [0, 0.05) is 15.9 Å². The molecular weight excluding hydrogens is 502 g/mol. The van der Waals surface area contributed by atoms with Gasteiger partial charge >= 0.3 is 0 Å². The van der Waals surface area contributed by atoms with Gasteiger partial charge in [-0.2, -0.15) is 0 Å². The lowest BCUT2D eigenvalue weighted by Gasteiger charge is -2.39. The van der Waals surface area contributed by atoms with Crippen LogP contribution in [0, 0.1) is 13.8 Å². The molecule has 1 unspecified atom stereocenters. The smallest absolute Gasteiger partial charge is 0.187 e. The summed E-state index contributed by atoms with van der Waals surface area (Å²) < 4.78 is 7.39. The average molecular weight is 525 g/mol. The van der Waals surface area contributed by atoms with Crippen LogP contribution in [0.15, 0.2) is 44.2 Å². The first kappa shape index (κ1) is 20.5. The van der Waals surface area contributed by atoms with Crippen molar-refractivity contribution in [3.8, 4) is 5.75 Å². The molecule has 2 aliphatic rings. The minimum atomic E-state index is -0.638. The number of thioether (sulfide) groups is 1. The van der Waals surface area contributed by atoms with Crippen LogP contribution in [-0.2, 0) is 0 Å². The number of ketones is 1. The van der Waals surface area contributed by atoms with Gasteiger partial charge in [0.15, 0.2) is 5.78 Å². The highest BCUT2D eigenvalue weighted by Gasteiger charge is 2.47. The summed E-state index contributed by atoms with van der Waals surface area (Å²) in [7, 11) is 0. The lowest BCUT2D eigenvalue weighted by Crippen LogP contribution is -2.52. The Kier molecular flexibility index (Phi) is 5.94. The zero-order valence-electron chi connectivity index (χ0n) is 16.1. The largest absolute Gasteiger partial charge is 0.490 e. The number of aryl methyl sites for hydroxylation is 1. The zero-order chi connectivity index (χ0) is 19.9. The van der Waals surface area contributed by atoms with E-state index >= 15 is 0 Å². The second-order valence-electron chi connectivity index (χ2n) is 7.68. The van der Waals surface area contributed by atoms with Crippen molar-refractivity contribution in [2.45, 2.75) is 36.3 Å². The molecule has 0 saturated carbocycles. The minimum absolute atomic E-state index is 0.160. The standard InChI is InChI=1S/C22H23Br2NO2S/c1-14-5-7-16(8-6-14)28-22(12-25-9-3-4-10-25)13-27-20-17(21(22)26)11-18(23)15(2)19(20)24/h5-8,11H,3-4,9-10,12-13H2,1-2H3. The highest BCUT2D eigenvalue weighted by Crippen LogP contribution is 2.46. The summed E-state index contributed by atoms with van der Waals surface area (Å²) in [5.41, 5.74) is 2.93. The molecule has 1 saturated heterocycles. The summed E-state index contributed by atoms with van der Waals surface area (Å²) in [6.07, 6.45) is 2.40. The van der Waals surface area contributed by atoms with Crippen LogP contribution in [0.3, 0.4) is 0 Å². The predicted octanol–water partition coefficient (Wildman–Crippen LogP) is 6.03. The molecule has 148 valence electrons. The monoisotopic (exact) mass is 523 g/mol. The number of hydrogen-bond donors (Lipinski definition) is 0. The number of carbonyl (C=O) groups is 1. The van der Waals surface area contributed by atoms with Crippen LogP contribution in [-0.4, -0.2) is 41.7 Å². The summed E-state index contributed by atoms with van der Waals surface area (Å²) in [5.74, 6) is 0.833. The highest BCUT2D eigenvalue weighted by molar-refractivity contribution is 9.11. The number of fused-ring (bicyclic) bond motifs is 1. The number of halogens is 2. The molecule has 1 atom stereocenters. The molecule has 2 aromatic rings. The van der Waals surface area contributed by atoms with Gasteiger partial charge in [-0.25, -0.2) is 0 Å². The number of benzene rings is 2. The highest BCUT2D eigenvalue weighted by atomic mass is 79.9. The third-order valence-corrected chi connectivity index (χ3v) is 8.63. The Bertz CT molecular complexity index is 910. The molecule has 6 heteroatoms. The number of rotatable bonds is 4. The number of nitrogens with zero attached hydrogens (tertiary/aromatic N) is 1. The zero-order valence-corrected chi connectivity index (χ0v) is 20.0. The van der Waals surface area contributed by atoms with Crippen molar-refractivity contribution >= 4 is 49.4 Å². The molecule has 0 N–H and O–H groups in total. The molecule has 0 spiro atoms. The molecule has 0 amide bonds. The molecule has 0 aromatic heterocycles. The summed E-state index contributed by atoms with van der Waals surface area (Å²) in [6, 6.07) is 10.3. The maximum Gasteiger partial charge on any atom is 0.187 e. The fourth-order valence-corrected chi connectivity index (χ4v) is 6.39. The maximum absolute atomic E-state index is 13.8. The van der Waals surface area contributed by atoms with E-state index in [1.807, 2.05) is 13.0 Å². The van der Waals surface area contributed by atoms with Gasteiger partial charge in [0.05, 0.1) is 10.0 Å². The van der Waals surface area contributed by atoms with Crippen molar-refractivity contribution in [3.63, 3.8) is 0 Å². The van der Waals surface area contributed by atoms with Gasteiger partial charge in [0.25, 0.3) is 0 Å². The Morgan fingerprint density at radius 3 is 2.50 bits per heavy atom. The second kappa shape index (κ2) is 8.13. The Hall–Kier alpha value is -0.820. The first-order chi connectivity index (χ1) is 13.4. The van der Waals surface area contributed by atoms with Crippen molar-refractivity contribution in [1.29, 1.82) is 0 Å². The van der Waals surface area contributed by atoms with Crippen molar-refractivity contribution in [1.82, 2.24) is 4.90 Å². The van der Waals surface area contributed by atoms with E-state index in [0.717, 1.165) is 32.5 Å². The van der Waals surface area contributed by atoms with Crippen LogP contribution in [0.1, 0.15) is 34.3 Å². The summed E-state index contributed by atoms with van der Waals surface area (Å²) >= 11 is 8.87. The fraction of sp³-hybridized carbons (Fsp3) is 0.409. The van der Waals surface area contributed by atoms with Crippen molar-refractivity contribution in [3.05, 3.63) is 56.0 Å². The molecule has 4 rings (SSSR count). The van der Waals surface area contributed by atoms with E-state index in [1.165, 1.54) is 18.4 Å². The van der Waals surface area contributed by atoms with Crippen molar-refractivity contribution in [2.75, 3.05) is 26.2 Å². The van der Waals surface area contributed by atoms with E-state index in [0.29, 0.717) is 24.5 Å². The average Bonchev–Trinajstić information content (AvgIpc) is 3.18. The number of carbonyl (C=O) groups excluding carboxylic acids is 1. The topological polar surface area (TPSA) is 29.5 Å². The third-order valence-electron chi connectivity index (χ3n) is 5.52. The van der Waals surface area contributed by atoms with Crippen LogP contribution in [0.25, 0.3) is 0 Å². The SMILES string of the molecule is Cc1ccc(SC2(CN3CCCC3)COc3c(cc(Br)c(C)c3Br)C2=O)cc1. The summed E-state index contributed by atoms with van der Waals surface area (Å²) in [6.45, 7) is 7.29. The molecular formula is C22H23Br2NO2S. The number of Topliss-reactive ketones (excluding diaryl/α,β-unsaturated/α-hetero) is 1. The summed E-state index contributed by atoms with van der Waals surface area (Å²) in [5, 5.41) is 0. The van der Waals surface area contributed by atoms with E-state index in [1.54, 1.807) is 11.8 Å². The van der Waals surface area contributed by atoms with Gasteiger partial charge in [-0.1, -0.05) is 33.6 Å². The normalized spacial score (nSPS) is 22.2. The maximum atomic E-state index is 13.8. The van der Waals surface area contributed by atoms with Gasteiger partial charge in [-0.05, 0) is 79.5 Å². The molecule has 0 bridgehead atoms. The van der Waals surface area contributed by atoms with Crippen LogP contribution in [0.4, 0.5) is 0 Å². The Morgan fingerprint density at radius 2 is 1.82 bits per heavy atom. The number of hydrogen-bond acceptors (Lipinski definition) is 4. The van der Waals surface area contributed by atoms with Crippen LogP contribution < -0.4 is 4.74 Å². The predicted molar refractivity (Wildman–Crippen MR) is 122 cm³/mol. The fourth-order valence-electron chi connectivity index (χ4n) is 3.86. The summed E-state index contributed by atoms with van der Waals surface area (Å²) in [4.78, 5) is 17.4. The van der Waals surface area contributed by atoms with E-state index in [-0.39, 0.29) is 5.78 Å². The van der Waals surface area contributed by atoms with E-state index in [9.17, 15) is 4.79 Å². The lowest BCUT2D eigenvalue weighted by atomic mass is 9.92. The Labute approximate surface area is 187 Å². The van der Waals surface area contributed by atoms with E-state index in [2.05, 4.69) is 67.9 Å². The van der Waals surface area contributed by atoms with Gasteiger partial charge < -0.3 is 9.64 Å². The van der Waals surface area contributed by atoms with Crippen molar-refractivity contribution in [2.24, 2.45) is 0 Å². The van der Waals surface area contributed by atoms with Crippen molar-refractivity contribution < 1.29 is 9.53 Å². The molecule has 0 radical (unpaired) electrons. The minimum Gasteiger partial charge on any atom is -0.490 e.